The van der Waals surface area contributed by atoms with Gasteiger partial charge in [0.2, 0.25) is 0 Å². The fraction of sp³-hybridized carbons (Fsp3) is 0.524. The summed E-state index contributed by atoms with van der Waals surface area (Å²) in [6.45, 7) is 2.07. The molecule has 29 heavy (non-hydrogen) atoms. The number of fused-ring (bicyclic) bond motifs is 1. The van der Waals surface area contributed by atoms with E-state index in [1.807, 2.05) is 0 Å². The molecule has 0 radical (unpaired) electrons. The smallest absolute Gasteiger partial charge is 0.253 e. The van der Waals surface area contributed by atoms with Crippen LogP contribution in [0.5, 0.6) is 0 Å². The van der Waals surface area contributed by atoms with E-state index in [9.17, 15) is 9.59 Å². The summed E-state index contributed by atoms with van der Waals surface area (Å²) in [5, 5.41) is 14.4. The van der Waals surface area contributed by atoms with Crippen molar-refractivity contribution in [1.29, 1.82) is 0 Å². The second kappa shape index (κ2) is 9.17. The number of ether oxygens (including phenoxy) is 1. The Labute approximate surface area is 170 Å². The molecule has 0 aliphatic carbocycles. The zero-order valence-corrected chi connectivity index (χ0v) is 16.5. The van der Waals surface area contributed by atoms with Gasteiger partial charge in [-0.3, -0.25) is 9.59 Å². The highest BCUT2D eigenvalue weighted by atomic mass is 16.5. The van der Waals surface area contributed by atoms with Crippen LogP contribution in [0, 0.1) is 0 Å². The second-order valence-electron chi connectivity index (χ2n) is 7.57. The Morgan fingerprint density at radius 1 is 1.17 bits per heavy atom. The lowest BCUT2D eigenvalue weighted by atomic mass is 10.1. The third kappa shape index (κ3) is 4.82. The summed E-state index contributed by atoms with van der Waals surface area (Å²) in [6.07, 6.45) is 6.39. The number of carbonyl (C=O) groups excluding carboxylic acids is 2. The van der Waals surface area contributed by atoms with E-state index in [0.29, 0.717) is 30.8 Å². The van der Waals surface area contributed by atoms with Crippen molar-refractivity contribution in [1.82, 2.24) is 20.1 Å². The summed E-state index contributed by atoms with van der Waals surface area (Å²) in [4.78, 5) is 24.7. The third-order valence-electron chi connectivity index (χ3n) is 5.43. The fourth-order valence-electron chi connectivity index (χ4n) is 3.87. The first-order chi connectivity index (χ1) is 14.2. The molecule has 0 bridgehead atoms. The van der Waals surface area contributed by atoms with Crippen LogP contribution < -0.4 is 10.6 Å². The number of rotatable bonds is 6. The van der Waals surface area contributed by atoms with Crippen LogP contribution in [0.25, 0.3) is 0 Å². The number of carbonyl (C=O) groups is 2. The molecule has 1 saturated heterocycles. The summed E-state index contributed by atoms with van der Waals surface area (Å²) in [5.41, 5.74) is 1.11. The number of nitrogens with one attached hydrogen (secondary N) is 2. The van der Waals surface area contributed by atoms with Crippen molar-refractivity contribution in [2.45, 2.75) is 57.6 Å². The minimum absolute atomic E-state index is 0.160. The van der Waals surface area contributed by atoms with Crippen molar-refractivity contribution in [2.75, 3.05) is 18.5 Å². The Morgan fingerprint density at radius 2 is 2.10 bits per heavy atom. The van der Waals surface area contributed by atoms with Gasteiger partial charge >= 0.3 is 0 Å². The Balaban J connectivity index is 1.31. The molecule has 4 rings (SSSR count). The van der Waals surface area contributed by atoms with Crippen molar-refractivity contribution in [3.05, 3.63) is 41.5 Å². The highest BCUT2D eigenvalue weighted by Crippen LogP contribution is 2.17. The fourth-order valence-corrected chi connectivity index (χ4v) is 3.87. The van der Waals surface area contributed by atoms with Crippen LogP contribution in [-0.2, 0) is 28.9 Å². The Bertz CT molecular complexity index is 873. The average Bonchev–Trinajstić information content (AvgIpc) is 3.34. The molecule has 2 aromatic rings. The molecule has 2 aliphatic rings. The first-order valence-corrected chi connectivity index (χ1v) is 10.4. The number of nitrogens with zero attached hydrogens (tertiary/aromatic N) is 3. The first-order valence-electron chi connectivity index (χ1n) is 10.4. The van der Waals surface area contributed by atoms with E-state index in [-0.39, 0.29) is 11.8 Å². The van der Waals surface area contributed by atoms with E-state index in [2.05, 4.69) is 25.4 Å². The van der Waals surface area contributed by atoms with E-state index < -0.39 is 6.10 Å². The highest BCUT2D eigenvalue weighted by molar-refractivity contribution is 5.98. The lowest BCUT2D eigenvalue weighted by molar-refractivity contribution is -0.124. The number of aryl methyl sites for hydroxylation is 1. The molecule has 1 fully saturated rings. The van der Waals surface area contributed by atoms with Gasteiger partial charge < -0.3 is 19.9 Å². The molecule has 2 N–H and O–H groups in total. The van der Waals surface area contributed by atoms with Gasteiger partial charge in [-0.05, 0) is 43.9 Å². The maximum Gasteiger partial charge on any atom is 0.253 e. The number of amides is 2. The van der Waals surface area contributed by atoms with E-state index in [1.165, 1.54) is 6.42 Å². The van der Waals surface area contributed by atoms with Gasteiger partial charge in [-0.1, -0.05) is 12.5 Å². The van der Waals surface area contributed by atoms with Gasteiger partial charge in [0, 0.05) is 43.8 Å². The normalized spacial score (nSPS) is 18.7. The Kier molecular flexibility index (Phi) is 6.19. The number of aromatic nitrogens is 3. The van der Waals surface area contributed by atoms with Crippen molar-refractivity contribution in [3.8, 4) is 0 Å². The van der Waals surface area contributed by atoms with E-state index in [0.717, 1.165) is 50.3 Å². The molecular formula is C21H27N5O3. The number of hydrogen-bond acceptors (Lipinski definition) is 5. The van der Waals surface area contributed by atoms with Crippen molar-refractivity contribution in [2.24, 2.45) is 0 Å². The van der Waals surface area contributed by atoms with Gasteiger partial charge in [0.1, 0.15) is 17.8 Å². The molecule has 1 aromatic heterocycles. The van der Waals surface area contributed by atoms with E-state index >= 15 is 0 Å². The molecule has 154 valence electrons. The zero-order chi connectivity index (χ0) is 20.1. The van der Waals surface area contributed by atoms with Crippen molar-refractivity contribution < 1.29 is 14.3 Å². The van der Waals surface area contributed by atoms with Gasteiger partial charge in [-0.2, -0.15) is 0 Å². The van der Waals surface area contributed by atoms with Crippen LogP contribution in [0.15, 0.2) is 24.3 Å². The minimum atomic E-state index is -0.397. The maximum absolute atomic E-state index is 12.5. The van der Waals surface area contributed by atoms with Crippen LogP contribution in [0.3, 0.4) is 0 Å². The molecule has 0 spiro atoms. The molecule has 3 heterocycles. The summed E-state index contributed by atoms with van der Waals surface area (Å²) >= 11 is 0. The summed E-state index contributed by atoms with van der Waals surface area (Å²) in [7, 11) is 0. The number of anilines is 1. The zero-order valence-electron chi connectivity index (χ0n) is 16.5. The molecule has 2 amide bonds. The largest absolute Gasteiger partial charge is 0.368 e. The van der Waals surface area contributed by atoms with Crippen molar-refractivity contribution >= 4 is 17.5 Å². The van der Waals surface area contributed by atoms with Gasteiger partial charge in [-0.25, -0.2) is 0 Å². The molecule has 8 nitrogen and oxygen atoms in total. The Morgan fingerprint density at radius 3 is 2.97 bits per heavy atom. The van der Waals surface area contributed by atoms with Crippen LogP contribution >= 0.6 is 0 Å². The maximum atomic E-state index is 12.5. The molecule has 2 aliphatic heterocycles. The van der Waals surface area contributed by atoms with Gasteiger partial charge in [0.15, 0.2) is 0 Å². The quantitative estimate of drug-likeness (QED) is 0.778. The summed E-state index contributed by atoms with van der Waals surface area (Å²) < 4.78 is 7.59. The third-order valence-corrected chi connectivity index (χ3v) is 5.43. The molecule has 1 aromatic carbocycles. The van der Waals surface area contributed by atoms with Gasteiger partial charge in [-0.15, -0.1) is 10.2 Å². The SMILES string of the molecule is O=C(NCCc1nnc2n1CCCCC2)c1cccc(NC(=O)C2CCCO2)c1. The topological polar surface area (TPSA) is 98.1 Å². The van der Waals surface area contributed by atoms with Crippen LogP contribution in [0.2, 0.25) is 0 Å². The van der Waals surface area contributed by atoms with Gasteiger partial charge in [0.05, 0.1) is 0 Å². The molecule has 1 unspecified atom stereocenters. The number of hydrogen-bond donors (Lipinski definition) is 2. The summed E-state index contributed by atoms with van der Waals surface area (Å²) in [5.74, 6) is 1.65. The van der Waals surface area contributed by atoms with Crippen LogP contribution in [0.4, 0.5) is 5.69 Å². The van der Waals surface area contributed by atoms with Crippen LogP contribution in [-0.4, -0.2) is 45.8 Å². The van der Waals surface area contributed by atoms with Crippen LogP contribution in [0.1, 0.15) is 54.1 Å². The minimum Gasteiger partial charge on any atom is -0.368 e. The molecule has 8 heteroatoms. The molecular weight excluding hydrogens is 370 g/mol. The predicted molar refractivity (Wildman–Crippen MR) is 108 cm³/mol. The van der Waals surface area contributed by atoms with Crippen molar-refractivity contribution in [3.63, 3.8) is 0 Å². The average molecular weight is 397 g/mol. The monoisotopic (exact) mass is 397 g/mol. The lowest BCUT2D eigenvalue weighted by Crippen LogP contribution is -2.28. The lowest BCUT2D eigenvalue weighted by Gasteiger charge is -2.11. The first kappa shape index (κ1) is 19.6. The highest BCUT2D eigenvalue weighted by Gasteiger charge is 2.23. The predicted octanol–water partition coefficient (Wildman–Crippen LogP) is 2.09. The second-order valence-corrected chi connectivity index (χ2v) is 7.57. The number of benzene rings is 1. The van der Waals surface area contributed by atoms with E-state index in [1.54, 1.807) is 24.3 Å². The van der Waals surface area contributed by atoms with Gasteiger partial charge in [0.25, 0.3) is 11.8 Å². The van der Waals surface area contributed by atoms with E-state index in [4.69, 9.17) is 4.74 Å². The summed E-state index contributed by atoms with van der Waals surface area (Å²) in [6, 6.07) is 6.96. The molecule has 1 atom stereocenters. The molecule has 0 saturated carbocycles. The Hall–Kier alpha value is -2.74. The standard InChI is InChI=1S/C21H27N5O3/c27-20(22-11-10-19-25-24-18-9-2-1-3-12-26(18)19)15-6-4-7-16(14-15)23-21(28)17-8-5-13-29-17/h4,6-7,14,17H,1-3,5,8-13H2,(H,22,27)(H,23,28).